The molecule has 1 aliphatic heterocycles. The predicted molar refractivity (Wildman–Crippen MR) is 95.1 cm³/mol. The van der Waals surface area contributed by atoms with Crippen molar-refractivity contribution in [3.8, 4) is 6.07 Å². The van der Waals surface area contributed by atoms with E-state index in [9.17, 15) is 0 Å². The van der Waals surface area contributed by atoms with Gasteiger partial charge >= 0.3 is 0 Å². The first kappa shape index (κ1) is 17.3. The number of rotatable bonds is 7. The lowest BCUT2D eigenvalue weighted by atomic mass is 10.1. The summed E-state index contributed by atoms with van der Waals surface area (Å²) < 4.78 is 0. The van der Waals surface area contributed by atoms with Crippen molar-refractivity contribution in [2.75, 3.05) is 44.2 Å². The van der Waals surface area contributed by atoms with E-state index in [1.165, 1.54) is 56.7 Å². The molecule has 1 aliphatic rings. The third kappa shape index (κ3) is 6.00. The van der Waals surface area contributed by atoms with Gasteiger partial charge in [-0.1, -0.05) is 24.3 Å². The Morgan fingerprint density at radius 2 is 1.91 bits per heavy atom. The summed E-state index contributed by atoms with van der Waals surface area (Å²) in [5.41, 5.74) is 2.86. The zero-order chi connectivity index (χ0) is 15.6. The molecule has 4 heteroatoms. The Labute approximate surface area is 139 Å². The topological polar surface area (TPSA) is 30.3 Å². The van der Waals surface area contributed by atoms with E-state index in [1.54, 1.807) is 11.8 Å². The van der Waals surface area contributed by atoms with Gasteiger partial charge in [0, 0.05) is 19.6 Å². The highest BCUT2D eigenvalue weighted by molar-refractivity contribution is 7.99. The van der Waals surface area contributed by atoms with Crippen molar-refractivity contribution in [3.63, 3.8) is 0 Å². The lowest BCUT2D eigenvalue weighted by molar-refractivity contribution is 0.252. The smallest absolute Gasteiger partial charge is 0.0808 e. The van der Waals surface area contributed by atoms with Crippen LogP contribution in [-0.2, 0) is 6.54 Å². The number of aryl methyl sites for hydroxylation is 1. The molecule has 0 aromatic heterocycles. The van der Waals surface area contributed by atoms with Crippen molar-refractivity contribution in [2.45, 2.75) is 26.3 Å². The number of hydrogen-bond acceptors (Lipinski definition) is 4. The number of nitriles is 1. The fourth-order valence-electron chi connectivity index (χ4n) is 2.94. The molecule has 0 spiro atoms. The highest BCUT2D eigenvalue weighted by Crippen LogP contribution is 2.13. The van der Waals surface area contributed by atoms with E-state index in [0.29, 0.717) is 5.75 Å². The van der Waals surface area contributed by atoms with Gasteiger partial charge in [0.25, 0.3) is 0 Å². The molecule has 0 unspecified atom stereocenters. The van der Waals surface area contributed by atoms with Gasteiger partial charge in [-0.15, -0.1) is 11.8 Å². The van der Waals surface area contributed by atoms with Gasteiger partial charge in [-0.3, -0.25) is 4.90 Å². The van der Waals surface area contributed by atoms with Gasteiger partial charge in [0.1, 0.15) is 0 Å². The molecule has 0 N–H and O–H groups in total. The van der Waals surface area contributed by atoms with Crippen LogP contribution in [-0.4, -0.2) is 54.0 Å². The fraction of sp³-hybridized carbons (Fsp3) is 0.611. The molecule has 0 aliphatic carbocycles. The molecule has 1 saturated heterocycles. The maximum absolute atomic E-state index is 8.53. The summed E-state index contributed by atoms with van der Waals surface area (Å²) in [7, 11) is 0. The van der Waals surface area contributed by atoms with Crippen LogP contribution in [0.5, 0.6) is 0 Å². The second-order valence-corrected chi connectivity index (χ2v) is 7.07. The van der Waals surface area contributed by atoms with Gasteiger partial charge in [0.05, 0.1) is 11.8 Å². The normalized spacial score (nSPS) is 17.1. The van der Waals surface area contributed by atoms with E-state index in [4.69, 9.17) is 5.26 Å². The Morgan fingerprint density at radius 1 is 1.14 bits per heavy atom. The van der Waals surface area contributed by atoms with E-state index in [-0.39, 0.29) is 0 Å². The van der Waals surface area contributed by atoms with Crippen LogP contribution in [0.1, 0.15) is 24.0 Å². The summed E-state index contributed by atoms with van der Waals surface area (Å²) in [5.74, 6) is 1.74. The quantitative estimate of drug-likeness (QED) is 0.723. The summed E-state index contributed by atoms with van der Waals surface area (Å²) in [4.78, 5) is 5.18. The highest BCUT2D eigenvalue weighted by Gasteiger charge is 2.15. The molecule has 0 atom stereocenters. The molecule has 1 heterocycles. The van der Waals surface area contributed by atoms with Crippen LogP contribution in [0.15, 0.2) is 24.3 Å². The van der Waals surface area contributed by atoms with E-state index >= 15 is 0 Å². The van der Waals surface area contributed by atoms with Gasteiger partial charge in [-0.05, 0) is 56.3 Å². The minimum absolute atomic E-state index is 0.629. The SMILES string of the molecule is Cc1ccccc1CN1CCCN(CCCSCC#N)CC1. The fourth-order valence-corrected chi connectivity index (χ4v) is 3.51. The molecule has 0 saturated carbocycles. The third-order valence-corrected chi connectivity index (χ3v) is 5.18. The lowest BCUT2D eigenvalue weighted by Gasteiger charge is -2.22. The van der Waals surface area contributed by atoms with E-state index < -0.39 is 0 Å². The van der Waals surface area contributed by atoms with Gasteiger partial charge in [0.15, 0.2) is 0 Å². The zero-order valence-corrected chi connectivity index (χ0v) is 14.4. The van der Waals surface area contributed by atoms with Crippen LogP contribution in [0.3, 0.4) is 0 Å². The summed E-state index contributed by atoms with van der Waals surface area (Å²) >= 11 is 1.75. The summed E-state index contributed by atoms with van der Waals surface area (Å²) in [6.45, 7) is 9.23. The maximum Gasteiger partial charge on any atom is 0.0808 e. The van der Waals surface area contributed by atoms with Crippen LogP contribution >= 0.6 is 11.8 Å². The summed E-state index contributed by atoms with van der Waals surface area (Å²) in [6, 6.07) is 10.9. The molecular weight excluding hydrogens is 290 g/mol. The van der Waals surface area contributed by atoms with Gasteiger partial charge in [-0.2, -0.15) is 5.26 Å². The van der Waals surface area contributed by atoms with Crippen LogP contribution in [0.4, 0.5) is 0 Å². The molecule has 1 aromatic carbocycles. The molecule has 2 rings (SSSR count). The third-order valence-electron chi connectivity index (χ3n) is 4.27. The van der Waals surface area contributed by atoms with Gasteiger partial charge < -0.3 is 4.90 Å². The van der Waals surface area contributed by atoms with Crippen molar-refractivity contribution in [1.29, 1.82) is 5.26 Å². The number of benzene rings is 1. The van der Waals surface area contributed by atoms with E-state index in [0.717, 1.165) is 12.3 Å². The Hall–Kier alpha value is -1.02. The monoisotopic (exact) mass is 317 g/mol. The predicted octanol–water partition coefficient (Wildman–Crippen LogP) is 3.15. The van der Waals surface area contributed by atoms with Crippen molar-refractivity contribution in [3.05, 3.63) is 35.4 Å². The maximum atomic E-state index is 8.53. The molecule has 0 radical (unpaired) electrons. The second-order valence-electron chi connectivity index (χ2n) is 5.96. The minimum atomic E-state index is 0.629. The second kappa shape index (κ2) is 9.89. The van der Waals surface area contributed by atoms with Gasteiger partial charge in [0.2, 0.25) is 0 Å². The van der Waals surface area contributed by atoms with Crippen LogP contribution in [0.2, 0.25) is 0 Å². The average molecular weight is 318 g/mol. The van der Waals surface area contributed by atoms with Crippen molar-refractivity contribution in [1.82, 2.24) is 9.80 Å². The molecule has 1 fully saturated rings. The first-order valence-corrected chi connectivity index (χ1v) is 9.39. The summed E-state index contributed by atoms with van der Waals surface area (Å²) in [5, 5.41) is 8.53. The lowest BCUT2D eigenvalue weighted by Crippen LogP contribution is -2.31. The van der Waals surface area contributed by atoms with Crippen LogP contribution in [0.25, 0.3) is 0 Å². The minimum Gasteiger partial charge on any atom is -0.302 e. The standard InChI is InChI=1S/C18H27N3S/c1-17-6-2-3-7-18(17)16-21-10-4-9-20(12-13-21)11-5-14-22-15-8-19/h2-3,6-7H,4-5,9-16H2,1H3. The number of hydrogen-bond donors (Lipinski definition) is 0. The van der Waals surface area contributed by atoms with Crippen LogP contribution in [0, 0.1) is 18.3 Å². The first-order valence-electron chi connectivity index (χ1n) is 8.23. The highest BCUT2D eigenvalue weighted by atomic mass is 32.2. The van der Waals surface area contributed by atoms with Crippen molar-refractivity contribution >= 4 is 11.8 Å². The molecule has 3 nitrogen and oxygen atoms in total. The van der Waals surface area contributed by atoms with Gasteiger partial charge in [-0.25, -0.2) is 0 Å². The Balaban J connectivity index is 1.71. The largest absolute Gasteiger partial charge is 0.302 e. The molecule has 0 bridgehead atoms. The molecule has 120 valence electrons. The van der Waals surface area contributed by atoms with Crippen molar-refractivity contribution < 1.29 is 0 Å². The number of thioether (sulfide) groups is 1. The number of nitrogens with zero attached hydrogens (tertiary/aromatic N) is 3. The molecule has 22 heavy (non-hydrogen) atoms. The Bertz CT molecular complexity index is 483. The molecule has 1 aromatic rings. The van der Waals surface area contributed by atoms with Crippen molar-refractivity contribution in [2.24, 2.45) is 0 Å². The molecular formula is C18H27N3S. The van der Waals surface area contributed by atoms with E-state index in [1.807, 2.05) is 0 Å². The van der Waals surface area contributed by atoms with Crippen LogP contribution < -0.4 is 0 Å². The first-order chi connectivity index (χ1) is 10.8. The Kier molecular flexibility index (Phi) is 7.79. The summed E-state index contributed by atoms with van der Waals surface area (Å²) in [6.07, 6.45) is 2.46. The average Bonchev–Trinajstić information content (AvgIpc) is 2.75. The Morgan fingerprint density at radius 3 is 2.73 bits per heavy atom. The molecule has 0 amide bonds. The zero-order valence-electron chi connectivity index (χ0n) is 13.6. The van der Waals surface area contributed by atoms with E-state index in [2.05, 4.69) is 47.1 Å².